The molecule has 0 fully saturated rings. The van der Waals surface area contributed by atoms with Crippen molar-refractivity contribution in [1.82, 2.24) is 5.32 Å². The van der Waals surface area contributed by atoms with E-state index < -0.39 is 0 Å². The largest absolute Gasteiger partial charge is 0.371 e. The molecule has 0 saturated carbocycles. The van der Waals surface area contributed by atoms with Crippen LogP contribution in [0.3, 0.4) is 0 Å². The van der Waals surface area contributed by atoms with Gasteiger partial charge in [-0.3, -0.25) is 0 Å². The molecule has 0 amide bonds. The first-order valence-electron chi connectivity index (χ1n) is 8.14. The summed E-state index contributed by atoms with van der Waals surface area (Å²) in [7, 11) is 0. The molecule has 0 spiro atoms. The summed E-state index contributed by atoms with van der Waals surface area (Å²) in [6.45, 7) is 13.9. The van der Waals surface area contributed by atoms with Crippen molar-refractivity contribution >= 4 is 5.69 Å². The van der Waals surface area contributed by atoms with E-state index in [0.717, 1.165) is 31.7 Å². The van der Waals surface area contributed by atoms with Crippen LogP contribution in [0.1, 0.15) is 47.5 Å². The maximum atomic E-state index is 13.5. The van der Waals surface area contributed by atoms with Gasteiger partial charge in [-0.2, -0.15) is 0 Å². The number of benzene rings is 1. The molecule has 0 aromatic heterocycles. The lowest BCUT2D eigenvalue weighted by Gasteiger charge is -2.37. The second-order valence-corrected chi connectivity index (χ2v) is 6.59. The third kappa shape index (κ3) is 6.04. The summed E-state index contributed by atoms with van der Waals surface area (Å²) in [5.41, 5.74) is 1.17. The third-order valence-electron chi connectivity index (χ3n) is 3.92. The molecule has 0 bridgehead atoms. The second-order valence-electron chi connectivity index (χ2n) is 6.59. The molecule has 1 aromatic rings. The molecular weight excluding hydrogens is 263 g/mol. The minimum Gasteiger partial charge on any atom is -0.371 e. The van der Waals surface area contributed by atoms with Crippen molar-refractivity contribution in [3.63, 3.8) is 0 Å². The van der Waals surface area contributed by atoms with Crippen LogP contribution in [0.25, 0.3) is 0 Å². The van der Waals surface area contributed by atoms with Gasteiger partial charge in [-0.05, 0) is 37.0 Å². The number of anilines is 1. The molecule has 1 unspecified atom stereocenters. The molecule has 21 heavy (non-hydrogen) atoms. The van der Waals surface area contributed by atoms with Gasteiger partial charge in [0.15, 0.2) is 0 Å². The lowest BCUT2D eigenvalue weighted by atomic mass is 9.84. The summed E-state index contributed by atoms with van der Waals surface area (Å²) < 4.78 is 13.5. The van der Waals surface area contributed by atoms with Crippen molar-refractivity contribution in [1.29, 1.82) is 0 Å². The van der Waals surface area contributed by atoms with Crippen molar-refractivity contribution in [3.05, 3.63) is 30.1 Å². The molecular formula is C18H31FN2. The van der Waals surface area contributed by atoms with Gasteiger partial charge in [0.25, 0.3) is 0 Å². The van der Waals surface area contributed by atoms with Crippen LogP contribution in [0.4, 0.5) is 10.1 Å². The van der Waals surface area contributed by atoms with Crippen molar-refractivity contribution < 1.29 is 4.39 Å². The van der Waals surface area contributed by atoms with Crippen LogP contribution >= 0.6 is 0 Å². The van der Waals surface area contributed by atoms with E-state index in [1.807, 2.05) is 6.07 Å². The van der Waals surface area contributed by atoms with Crippen molar-refractivity contribution in [2.24, 2.45) is 5.41 Å². The van der Waals surface area contributed by atoms with Crippen LogP contribution in [0.5, 0.6) is 0 Å². The monoisotopic (exact) mass is 294 g/mol. The molecule has 0 heterocycles. The topological polar surface area (TPSA) is 15.3 Å². The summed E-state index contributed by atoms with van der Waals surface area (Å²) in [6.07, 6.45) is 2.33. The van der Waals surface area contributed by atoms with Gasteiger partial charge in [-0.15, -0.1) is 0 Å². The molecule has 0 aliphatic heterocycles. The predicted octanol–water partition coefficient (Wildman–Crippen LogP) is 4.46. The lowest BCUT2D eigenvalue weighted by molar-refractivity contribution is 0.273. The Hall–Kier alpha value is -1.09. The fourth-order valence-electron chi connectivity index (χ4n) is 2.80. The van der Waals surface area contributed by atoms with E-state index in [4.69, 9.17) is 0 Å². The Morgan fingerprint density at radius 2 is 2.00 bits per heavy atom. The van der Waals surface area contributed by atoms with Gasteiger partial charge in [-0.25, -0.2) is 4.39 Å². The minimum atomic E-state index is -0.163. The van der Waals surface area contributed by atoms with Crippen LogP contribution < -0.4 is 10.2 Å². The highest BCUT2D eigenvalue weighted by atomic mass is 19.1. The molecule has 1 atom stereocenters. The third-order valence-corrected chi connectivity index (χ3v) is 3.92. The Bertz CT molecular complexity index is 419. The smallest absolute Gasteiger partial charge is 0.125 e. The predicted molar refractivity (Wildman–Crippen MR) is 90.4 cm³/mol. The minimum absolute atomic E-state index is 0.163. The zero-order valence-electron chi connectivity index (χ0n) is 14.2. The standard InChI is InChI=1S/C18H31FN2/c1-6-11-18(5,13-20-15(3)4)14-21(7-2)17-10-8-9-16(19)12-17/h8-10,12,15,20H,6-7,11,13-14H2,1-5H3. The van der Waals surface area contributed by atoms with E-state index in [9.17, 15) is 4.39 Å². The Morgan fingerprint density at radius 1 is 1.29 bits per heavy atom. The fourth-order valence-corrected chi connectivity index (χ4v) is 2.80. The number of nitrogens with zero attached hydrogens (tertiary/aromatic N) is 1. The number of rotatable bonds is 9. The number of hydrogen-bond acceptors (Lipinski definition) is 2. The molecule has 1 N–H and O–H groups in total. The Kier molecular flexibility index (Phi) is 7.16. The van der Waals surface area contributed by atoms with Crippen molar-refractivity contribution in [2.75, 3.05) is 24.5 Å². The summed E-state index contributed by atoms with van der Waals surface area (Å²) in [5, 5.41) is 3.56. The molecule has 0 aliphatic rings. The van der Waals surface area contributed by atoms with Crippen molar-refractivity contribution in [3.8, 4) is 0 Å². The summed E-state index contributed by atoms with van der Waals surface area (Å²) in [5.74, 6) is -0.163. The highest BCUT2D eigenvalue weighted by Gasteiger charge is 2.26. The van der Waals surface area contributed by atoms with E-state index in [1.165, 1.54) is 12.5 Å². The average molecular weight is 294 g/mol. The molecule has 1 rings (SSSR count). The first kappa shape index (κ1) is 18.0. The van der Waals surface area contributed by atoms with Gasteiger partial charge in [0, 0.05) is 31.4 Å². The molecule has 1 aromatic carbocycles. The average Bonchev–Trinajstić information content (AvgIpc) is 2.43. The first-order valence-corrected chi connectivity index (χ1v) is 8.14. The number of hydrogen-bond donors (Lipinski definition) is 1. The molecule has 2 nitrogen and oxygen atoms in total. The van der Waals surface area contributed by atoms with E-state index in [0.29, 0.717) is 6.04 Å². The van der Waals surface area contributed by atoms with Gasteiger partial charge in [0.05, 0.1) is 0 Å². The fraction of sp³-hybridized carbons (Fsp3) is 0.667. The van der Waals surface area contributed by atoms with Crippen LogP contribution in [-0.4, -0.2) is 25.7 Å². The van der Waals surface area contributed by atoms with E-state index >= 15 is 0 Å². The summed E-state index contributed by atoms with van der Waals surface area (Å²) >= 11 is 0. The van der Waals surface area contributed by atoms with Gasteiger partial charge >= 0.3 is 0 Å². The van der Waals surface area contributed by atoms with Gasteiger partial charge in [0.1, 0.15) is 5.82 Å². The molecule has 120 valence electrons. The quantitative estimate of drug-likeness (QED) is 0.723. The van der Waals surface area contributed by atoms with Gasteiger partial charge in [-0.1, -0.05) is 40.2 Å². The van der Waals surface area contributed by atoms with Crippen LogP contribution in [0.2, 0.25) is 0 Å². The van der Waals surface area contributed by atoms with E-state index in [2.05, 4.69) is 44.8 Å². The van der Waals surface area contributed by atoms with E-state index in [1.54, 1.807) is 12.1 Å². The Morgan fingerprint density at radius 3 is 2.52 bits per heavy atom. The highest BCUT2D eigenvalue weighted by Crippen LogP contribution is 2.27. The zero-order valence-corrected chi connectivity index (χ0v) is 14.2. The van der Waals surface area contributed by atoms with Crippen molar-refractivity contribution in [2.45, 2.75) is 53.5 Å². The van der Waals surface area contributed by atoms with Crippen LogP contribution in [-0.2, 0) is 0 Å². The molecule has 0 saturated heterocycles. The van der Waals surface area contributed by atoms with Gasteiger partial charge in [0.2, 0.25) is 0 Å². The van der Waals surface area contributed by atoms with Crippen LogP contribution in [0, 0.1) is 11.2 Å². The highest BCUT2D eigenvalue weighted by molar-refractivity contribution is 5.46. The summed E-state index contributed by atoms with van der Waals surface area (Å²) in [4.78, 5) is 2.28. The maximum absolute atomic E-state index is 13.5. The normalized spacial score (nSPS) is 14.2. The lowest BCUT2D eigenvalue weighted by Crippen LogP contribution is -2.44. The Balaban J connectivity index is 2.83. The molecule has 3 heteroatoms. The number of nitrogens with one attached hydrogen (secondary N) is 1. The second kappa shape index (κ2) is 8.38. The maximum Gasteiger partial charge on any atom is 0.125 e. The SMILES string of the molecule is CCCC(C)(CNC(C)C)CN(CC)c1cccc(F)c1. The summed E-state index contributed by atoms with van der Waals surface area (Å²) in [6, 6.07) is 7.41. The first-order chi connectivity index (χ1) is 9.90. The number of halogens is 1. The van der Waals surface area contributed by atoms with Crippen LogP contribution in [0.15, 0.2) is 24.3 Å². The molecule has 0 radical (unpaired) electrons. The zero-order chi connectivity index (χ0) is 15.9. The Labute approximate surface area is 129 Å². The van der Waals surface area contributed by atoms with Gasteiger partial charge < -0.3 is 10.2 Å². The molecule has 0 aliphatic carbocycles. The van der Waals surface area contributed by atoms with E-state index in [-0.39, 0.29) is 11.2 Å².